The van der Waals surface area contributed by atoms with Crippen molar-refractivity contribution in [3.8, 4) is 5.69 Å². The zero-order chi connectivity index (χ0) is 18.3. The van der Waals surface area contributed by atoms with Crippen molar-refractivity contribution in [3.63, 3.8) is 0 Å². The SMILES string of the molecule is Cn1c(=O)n(-c2ccc(N[C@H]3CC[C@H](N)C3)nc2)c(=O)c2cccnc21. The Morgan fingerprint density at radius 3 is 2.73 bits per heavy atom. The van der Waals surface area contributed by atoms with Gasteiger partial charge in [0.1, 0.15) is 11.5 Å². The number of nitrogens with two attached hydrogens (primary N) is 1. The number of pyridine rings is 2. The summed E-state index contributed by atoms with van der Waals surface area (Å²) in [5.41, 5.74) is 5.86. The molecule has 0 bridgehead atoms. The average molecular weight is 352 g/mol. The first kappa shape index (κ1) is 16.5. The summed E-state index contributed by atoms with van der Waals surface area (Å²) in [4.78, 5) is 33.9. The summed E-state index contributed by atoms with van der Waals surface area (Å²) in [5, 5.41) is 3.73. The van der Waals surface area contributed by atoms with Crippen LogP contribution in [0.1, 0.15) is 19.3 Å². The molecule has 3 aromatic rings. The number of anilines is 1. The van der Waals surface area contributed by atoms with Crippen LogP contribution in [0.4, 0.5) is 5.82 Å². The molecule has 3 N–H and O–H groups in total. The normalized spacial score (nSPS) is 19.8. The number of hydrogen-bond donors (Lipinski definition) is 2. The van der Waals surface area contributed by atoms with Crippen LogP contribution >= 0.6 is 0 Å². The van der Waals surface area contributed by atoms with Gasteiger partial charge in [0.05, 0.1) is 17.3 Å². The molecule has 4 rings (SSSR count). The molecule has 1 fully saturated rings. The monoisotopic (exact) mass is 352 g/mol. The van der Waals surface area contributed by atoms with Crippen LogP contribution in [0.3, 0.4) is 0 Å². The lowest BCUT2D eigenvalue weighted by molar-refractivity contribution is 0.686. The van der Waals surface area contributed by atoms with Crippen molar-refractivity contribution in [3.05, 3.63) is 57.5 Å². The van der Waals surface area contributed by atoms with E-state index in [4.69, 9.17) is 5.73 Å². The van der Waals surface area contributed by atoms with E-state index in [0.29, 0.717) is 28.6 Å². The Balaban J connectivity index is 1.72. The molecule has 0 aliphatic heterocycles. The van der Waals surface area contributed by atoms with Crippen LogP contribution in [0.15, 0.2) is 46.2 Å². The summed E-state index contributed by atoms with van der Waals surface area (Å²) in [6.07, 6.45) is 6.03. The van der Waals surface area contributed by atoms with E-state index in [2.05, 4.69) is 15.3 Å². The van der Waals surface area contributed by atoms with Crippen molar-refractivity contribution in [1.82, 2.24) is 19.1 Å². The lowest BCUT2D eigenvalue weighted by atomic mass is 10.2. The first-order chi connectivity index (χ1) is 12.5. The minimum atomic E-state index is -0.453. The van der Waals surface area contributed by atoms with Gasteiger partial charge in [-0.25, -0.2) is 19.3 Å². The summed E-state index contributed by atoms with van der Waals surface area (Å²) in [7, 11) is 1.60. The molecule has 0 spiro atoms. The number of hydrogen-bond acceptors (Lipinski definition) is 6. The average Bonchev–Trinajstić information content (AvgIpc) is 3.06. The zero-order valence-electron chi connectivity index (χ0n) is 14.4. The Labute approximate surface area is 149 Å². The Bertz CT molecular complexity index is 1070. The molecule has 26 heavy (non-hydrogen) atoms. The van der Waals surface area contributed by atoms with Gasteiger partial charge in [0, 0.05) is 25.3 Å². The van der Waals surface area contributed by atoms with Crippen LogP contribution in [0.5, 0.6) is 0 Å². The van der Waals surface area contributed by atoms with Crippen LogP contribution in [-0.4, -0.2) is 31.2 Å². The van der Waals surface area contributed by atoms with Crippen LogP contribution in [0.25, 0.3) is 16.7 Å². The molecule has 1 aliphatic carbocycles. The van der Waals surface area contributed by atoms with E-state index in [-0.39, 0.29) is 6.04 Å². The van der Waals surface area contributed by atoms with E-state index in [9.17, 15) is 9.59 Å². The summed E-state index contributed by atoms with van der Waals surface area (Å²) in [5.74, 6) is 0.708. The van der Waals surface area contributed by atoms with Gasteiger partial charge in [-0.15, -0.1) is 0 Å². The van der Waals surface area contributed by atoms with Gasteiger partial charge >= 0.3 is 5.69 Å². The molecule has 1 saturated carbocycles. The highest BCUT2D eigenvalue weighted by atomic mass is 16.2. The van der Waals surface area contributed by atoms with Crippen LogP contribution in [0.2, 0.25) is 0 Å². The van der Waals surface area contributed by atoms with Crippen molar-refractivity contribution >= 4 is 16.9 Å². The van der Waals surface area contributed by atoms with Gasteiger partial charge in [0.15, 0.2) is 0 Å². The fourth-order valence-corrected chi connectivity index (χ4v) is 3.47. The molecule has 134 valence electrons. The third-order valence-electron chi connectivity index (χ3n) is 4.85. The summed E-state index contributed by atoms with van der Waals surface area (Å²) in [6, 6.07) is 7.38. The number of nitrogens with zero attached hydrogens (tertiary/aromatic N) is 4. The molecule has 3 heterocycles. The number of rotatable bonds is 3. The van der Waals surface area contributed by atoms with Gasteiger partial charge in [0.2, 0.25) is 0 Å². The number of aromatic nitrogens is 4. The van der Waals surface area contributed by atoms with Crippen LogP contribution in [-0.2, 0) is 7.05 Å². The molecule has 8 nitrogen and oxygen atoms in total. The van der Waals surface area contributed by atoms with Crippen molar-refractivity contribution in [2.75, 3.05) is 5.32 Å². The molecule has 0 radical (unpaired) electrons. The first-order valence-corrected chi connectivity index (χ1v) is 8.60. The Morgan fingerprint density at radius 1 is 1.19 bits per heavy atom. The minimum Gasteiger partial charge on any atom is -0.367 e. The van der Waals surface area contributed by atoms with E-state index in [1.54, 1.807) is 37.5 Å². The predicted octanol–water partition coefficient (Wildman–Crippen LogP) is 0.771. The summed E-state index contributed by atoms with van der Waals surface area (Å²) in [6.45, 7) is 0. The maximum Gasteiger partial charge on any atom is 0.337 e. The third kappa shape index (κ3) is 2.78. The molecule has 2 atom stereocenters. The standard InChI is InChI=1S/C18H20N6O2/c1-23-16-14(3-2-8-20-16)17(25)24(18(23)26)13-6-7-15(21-10-13)22-12-5-4-11(19)9-12/h2-3,6-8,10-12H,4-5,9,19H2,1H3,(H,21,22)/t11-,12-/m0/s1. The highest BCUT2D eigenvalue weighted by Gasteiger charge is 2.21. The van der Waals surface area contributed by atoms with E-state index in [0.717, 1.165) is 23.8 Å². The molecular weight excluding hydrogens is 332 g/mol. The second-order valence-electron chi connectivity index (χ2n) is 6.67. The van der Waals surface area contributed by atoms with Gasteiger partial charge in [-0.05, 0) is 43.5 Å². The Hall–Kier alpha value is -3.00. The number of aryl methyl sites for hydroxylation is 1. The molecule has 0 saturated heterocycles. The lowest BCUT2D eigenvalue weighted by Crippen LogP contribution is -2.38. The molecular formula is C18H20N6O2. The number of nitrogens with one attached hydrogen (secondary N) is 1. The lowest BCUT2D eigenvalue weighted by Gasteiger charge is -2.14. The van der Waals surface area contributed by atoms with Crippen LogP contribution in [0, 0.1) is 0 Å². The van der Waals surface area contributed by atoms with Gasteiger partial charge in [-0.2, -0.15) is 0 Å². The molecule has 1 aliphatic rings. The Morgan fingerprint density at radius 2 is 2.04 bits per heavy atom. The predicted molar refractivity (Wildman–Crippen MR) is 99.6 cm³/mol. The summed E-state index contributed by atoms with van der Waals surface area (Å²) >= 11 is 0. The fourth-order valence-electron chi connectivity index (χ4n) is 3.47. The smallest absolute Gasteiger partial charge is 0.337 e. The van der Waals surface area contributed by atoms with Gasteiger partial charge < -0.3 is 11.1 Å². The van der Waals surface area contributed by atoms with Gasteiger partial charge in [-0.3, -0.25) is 9.36 Å². The van der Waals surface area contributed by atoms with Gasteiger partial charge in [-0.1, -0.05) is 0 Å². The van der Waals surface area contributed by atoms with Crippen molar-refractivity contribution < 1.29 is 0 Å². The second-order valence-corrected chi connectivity index (χ2v) is 6.67. The minimum absolute atomic E-state index is 0.236. The maximum absolute atomic E-state index is 12.8. The van der Waals surface area contributed by atoms with Gasteiger partial charge in [0.25, 0.3) is 5.56 Å². The zero-order valence-corrected chi connectivity index (χ0v) is 14.4. The molecule has 8 heteroatoms. The van der Waals surface area contributed by atoms with Crippen LogP contribution < -0.4 is 22.3 Å². The maximum atomic E-state index is 12.8. The molecule has 0 aromatic carbocycles. The molecule has 0 unspecified atom stereocenters. The van der Waals surface area contributed by atoms with Crippen molar-refractivity contribution in [2.24, 2.45) is 12.8 Å². The fraction of sp³-hybridized carbons (Fsp3) is 0.333. The first-order valence-electron chi connectivity index (χ1n) is 8.60. The highest BCUT2D eigenvalue weighted by Crippen LogP contribution is 2.21. The molecule has 3 aromatic heterocycles. The topological polar surface area (TPSA) is 108 Å². The van der Waals surface area contributed by atoms with E-state index in [1.165, 1.54) is 10.8 Å². The molecule has 0 amide bonds. The van der Waals surface area contributed by atoms with E-state index < -0.39 is 11.2 Å². The second kappa shape index (κ2) is 6.38. The third-order valence-corrected chi connectivity index (χ3v) is 4.85. The van der Waals surface area contributed by atoms with Crippen molar-refractivity contribution in [2.45, 2.75) is 31.3 Å². The quantitative estimate of drug-likeness (QED) is 0.721. The number of fused-ring (bicyclic) bond motifs is 1. The largest absolute Gasteiger partial charge is 0.367 e. The van der Waals surface area contributed by atoms with E-state index in [1.807, 2.05) is 0 Å². The summed E-state index contributed by atoms with van der Waals surface area (Å²) < 4.78 is 2.48. The highest BCUT2D eigenvalue weighted by molar-refractivity contribution is 5.73. The Kier molecular flexibility index (Phi) is 4.04. The van der Waals surface area contributed by atoms with Crippen molar-refractivity contribution in [1.29, 1.82) is 0 Å². The van der Waals surface area contributed by atoms with E-state index >= 15 is 0 Å².